The summed E-state index contributed by atoms with van der Waals surface area (Å²) in [5.74, 6) is -0.0232. The zero-order valence-electron chi connectivity index (χ0n) is 15.0. The number of aromatic nitrogens is 2. The molecule has 2 aliphatic heterocycles. The van der Waals surface area contributed by atoms with Crippen molar-refractivity contribution in [1.82, 2.24) is 25.3 Å². The first kappa shape index (κ1) is 16.8. The number of H-pyrrole nitrogens is 1. The number of amides is 3. The number of urea groups is 1. The van der Waals surface area contributed by atoms with Gasteiger partial charge >= 0.3 is 6.03 Å². The summed E-state index contributed by atoms with van der Waals surface area (Å²) in [7, 11) is 2.11. The highest BCUT2D eigenvalue weighted by atomic mass is 16.2. The number of aromatic amines is 1. The lowest BCUT2D eigenvalue weighted by molar-refractivity contribution is 0.0646. The van der Waals surface area contributed by atoms with Crippen LogP contribution in [0.25, 0.3) is 10.9 Å². The number of carbonyl (C=O) groups is 2. The number of fused-ring (bicyclic) bond motifs is 3. The van der Waals surface area contributed by atoms with E-state index >= 15 is 0 Å². The van der Waals surface area contributed by atoms with E-state index in [0.29, 0.717) is 18.2 Å². The summed E-state index contributed by atoms with van der Waals surface area (Å²) in [6.45, 7) is 3.66. The summed E-state index contributed by atoms with van der Waals surface area (Å²) in [6.07, 6.45) is 1.74. The first-order valence-electron chi connectivity index (χ1n) is 9.03. The van der Waals surface area contributed by atoms with Gasteiger partial charge in [-0.25, -0.2) is 4.79 Å². The maximum atomic E-state index is 13.1. The predicted octanol–water partition coefficient (Wildman–Crippen LogP) is 1.21. The number of nitrogens with one attached hydrogen (secondary N) is 2. The fourth-order valence-corrected chi connectivity index (χ4v) is 4.25. The minimum absolute atomic E-state index is 0.0232. The van der Waals surface area contributed by atoms with Gasteiger partial charge in [-0.2, -0.15) is 5.10 Å². The number of primary amides is 1. The van der Waals surface area contributed by atoms with Crippen LogP contribution in [0.3, 0.4) is 0 Å². The summed E-state index contributed by atoms with van der Waals surface area (Å²) in [5.41, 5.74) is 7.45. The molecule has 0 aliphatic carbocycles. The number of benzene rings is 1. The van der Waals surface area contributed by atoms with Gasteiger partial charge in [-0.15, -0.1) is 0 Å². The molecule has 2 aliphatic rings. The second kappa shape index (κ2) is 6.28. The van der Waals surface area contributed by atoms with E-state index in [-0.39, 0.29) is 18.0 Å². The number of likely N-dealkylation sites (N-methyl/N-ethyl adjacent to an activating group) is 1. The Kier molecular flexibility index (Phi) is 4.07. The van der Waals surface area contributed by atoms with Crippen LogP contribution < -0.4 is 11.1 Å². The third-order valence-electron chi connectivity index (χ3n) is 5.69. The Hall–Kier alpha value is -2.61. The molecular weight excluding hydrogens is 332 g/mol. The summed E-state index contributed by atoms with van der Waals surface area (Å²) in [4.78, 5) is 28.6. The van der Waals surface area contributed by atoms with Crippen LogP contribution in [0.2, 0.25) is 0 Å². The second-order valence-corrected chi connectivity index (χ2v) is 7.29. The number of carbonyl (C=O) groups excluding carboxylic acids is 2. The number of hydrogen-bond acceptors (Lipinski definition) is 4. The van der Waals surface area contributed by atoms with Gasteiger partial charge in [0.05, 0.1) is 11.6 Å². The van der Waals surface area contributed by atoms with Crippen LogP contribution in [0.5, 0.6) is 0 Å². The average Bonchev–Trinajstić information content (AvgIpc) is 3.31. The molecule has 138 valence electrons. The lowest BCUT2D eigenvalue weighted by atomic mass is 10.0. The molecule has 4 N–H and O–H groups in total. The second-order valence-electron chi connectivity index (χ2n) is 7.29. The van der Waals surface area contributed by atoms with Gasteiger partial charge in [0.2, 0.25) is 0 Å². The molecule has 1 unspecified atom stereocenters. The van der Waals surface area contributed by atoms with Crippen LogP contribution in [0, 0.1) is 0 Å². The van der Waals surface area contributed by atoms with Crippen molar-refractivity contribution < 1.29 is 9.59 Å². The zero-order valence-corrected chi connectivity index (χ0v) is 15.0. The summed E-state index contributed by atoms with van der Waals surface area (Å²) < 4.78 is 0. The smallest absolute Gasteiger partial charge is 0.312 e. The van der Waals surface area contributed by atoms with Gasteiger partial charge in [-0.3, -0.25) is 14.8 Å². The van der Waals surface area contributed by atoms with Crippen molar-refractivity contribution in [3.05, 3.63) is 29.5 Å². The van der Waals surface area contributed by atoms with Gasteiger partial charge in [-0.1, -0.05) is 13.0 Å². The van der Waals surface area contributed by atoms with E-state index < -0.39 is 6.03 Å². The fourth-order valence-electron chi connectivity index (χ4n) is 4.25. The molecule has 3 atom stereocenters. The van der Waals surface area contributed by atoms with Crippen molar-refractivity contribution >= 4 is 22.8 Å². The molecule has 2 fully saturated rings. The summed E-state index contributed by atoms with van der Waals surface area (Å²) in [6, 6.07) is 5.72. The van der Waals surface area contributed by atoms with Gasteiger partial charge in [0.25, 0.3) is 5.91 Å². The van der Waals surface area contributed by atoms with Gasteiger partial charge < -0.3 is 16.0 Å². The molecule has 0 spiro atoms. The molecule has 1 aromatic carbocycles. The van der Waals surface area contributed by atoms with Crippen LogP contribution in [-0.4, -0.2) is 64.2 Å². The van der Waals surface area contributed by atoms with Gasteiger partial charge in [0.1, 0.15) is 0 Å². The SMILES string of the molecule is CCC(NC(N)=O)c1ccc2[nH]nc(C(=O)N3C[C@@H]4C[C@H]3CN4C)c2c1. The van der Waals surface area contributed by atoms with E-state index in [1.165, 1.54) is 0 Å². The summed E-state index contributed by atoms with van der Waals surface area (Å²) >= 11 is 0. The lowest BCUT2D eigenvalue weighted by Crippen LogP contribution is -2.47. The molecule has 8 nitrogen and oxygen atoms in total. The molecular formula is C18H24N6O2. The zero-order chi connectivity index (χ0) is 18.4. The molecule has 1 aromatic heterocycles. The molecule has 0 saturated carbocycles. The maximum Gasteiger partial charge on any atom is 0.312 e. The van der Waals surface area contributed by atoms with Gasteiger partial charge in [-0.05, 0) is 37.6 Å². The Morgan fingerprint density at radius 1 is 1.38 bits per heavy atom. The first-order valence-corrected chi connectivity index (χ1v) is 9.03. The topological polar surface area (TPSA) is 107 Å². The number of rotatable bonds is 4. The number of nitrogens with zero attached hydrogens (tertiary/aromatic N) is 3. The van der Waals surface area contributed by atoms with Crippen molar-refractivity contribution in [1.29, 1.82) is 0 Å². The van der Waals surface area contributed by atoms with E-state index in [2.05, 4.69) is 27.5 Å². The van der Waals surface area contributed by atoms with E-state index in [9.17, 15) is 9.59 Å². The Balaban J connectivity index is 1.65. The first-order chi connectivity index (χ1) is 12.5. The minimum atomic E-state index is -0.558. The third kappa shape index (κ3) is 2.70. The number of likely N-dealkylation sites (tertiary alicyclic amines) is 2. The van der Waals surface area contributed by atoms with Crippen molar-refractivity contribution in [2.75, 3.05) is 20.1 Å². The van der Waals surface area contributed by atoms with Crippen molar-refractivity contribution in [2.24, 2.45) is 5.73 Å². The average molecular weight is 356 g/mol. The Morgan fingerprint density at radius 3 is 2.81 bits per heavy atom. The third-order valence-corrected chi connectivity index (χ3v) is 5.69. The monoisotopic (exact) mass is 356 g/mol. The van der Waals surface area contributed by atoms with Crippen LogP contribution in [0.1, 0.15) is 41.9 Å². The van der Waals surface area contributed by atoms with Gasteiger partial charge in [0, 0.05) is 30.6 Å². The van der Waals surface area contributed by atoms with E-state index in [1.807, 2.05) is 30.0 Å². The van der Waals surface area contributed by atoms with Crippen LogP contribution >= 0.6 is 0 Å². The largest absolute Gasteiger partial charge is 0.352 e. The number of hydrogen-bond donors (Lipinski definition) is 3. The highest BCUT2D eigenvalue weighted by molar-refractivity contribution is 6.05. The fraction of sp³-hybridized carbons (Fsp3) is 0.500. The molecule has 3 heterocycles. The minimum Gasteiger partial charge on any atom is -0.352 e. The van der Waals surface area contributed by atoms with E-state index in [1.54, 1.807) is 0 Å². The van der Waals surface area contributed by atoms with Crippen molar-refractivity contribution in [3.8, 4) is 0 Å². The van der Waals surface area contributed by atoms with Crippen LogP contribution in [-0.2, 0) is 0 Å². The Labute approximate surface area is 151 Å². The number of piperazine rings is 1. The molecule has 8 heteroatoms. The molecule has 2 saturated heterocycles. The van der Waals surface area contributed by atoms with Crippen LogP contribution in [0.15, 0.2) is 18.2 Å². The Bertz CT molecular complexity index is 860. The Morgan fingerprint density at radius 2 is 2.19 bits per heavy atom. The molecule has 26 heavy (non-hydrogen) atoms. The molecule has 0 radical (unpaired) electrons. The predicted molar refractivity (Wildman–Crippen MR) is 97.7 cm³/mol. The molecule has 2 bridgehead atoms. The highest BCUT2D eigenvalue weighted by Gasteiger charge is 2.44. The maximum absolute atomic E-state index is 13.1. The molecule has 4 rings (SSSR count). The summed E-state index contributed by atoms with van der Waals surface area (Å²) in [5, 5.41) is 10.8. The number of nitrogens with two attached hydrogens (primary N) is 1. The molecule has 3 amide bonds. The van der Waals surface area contributed by atoms with Gasteiger partial charge in [0.15, 0.2) is 5.69 Å². The van der Waals surface area contributed by atoms with E-state index in [0.717, 1.165) is 36.0 Å². The van der Waals surface area contributed by atoms with Crippen molar-refractivity contribution in [2.45, 2.75) is 37.9 Å². The highest BCUT2D eigenvalue weighted by Crippen LogP contribution is 2.32. The normalized spacial score (nSPS) is 23.5. The lowest BCUT2D eigenvalue weighted by Gasteiger charge is -2.31. The van der Waals surface area contributed by atoms with E-state index in [4.69, 9.17) is 5.73 Å². The van der Waals surface area contributed by atoms with Crippen molar-refractivity contribution in [3.63, 3.8) is 0 Å². The molecule has 2 aromatic rings. The van der Waals surface area contributed by atoms with Crippen LogP contribution in [0.4, 0.5) is 4.79 Å². The quantitative estimate of drug-likeness (QED) is 0.765. The standard InChI is InChI=1S/C18H24N6O2/c1-3-14(20-18(19)26)10-4-5-15-13(6-10)16(22-21-15)17(25)24-9-11-7-12(24)8-23(11)2/h4-6,11-12,14H,3,7-9H2,1-2H3,(H,21,22)(H3,19,20,26)/t11-,12-,14?/m0/s1.